The Labute approximate surface area is 201 Å². The van der Waals surface area contributed by atoms with E-state index in [9.17, 15) is 4.79 Å². The third kappa shape index (κ3) is 4.23. The van der Waals surface area contributed by atoms with Gasteiger partial charge in [-0.3, -0.25) is 4.79 Å². The van der Waals surface area contributed by atoms with E-state index in [4.69, 9.17) is 11.5 Å². The second-order valence-electron chi connectivity index (χ2n) is 8.65. The van der Waals surface area contributed by atoms with Crippen LogP contribution in [-0.2, 0) is 5.41 Å². The van der Waals surface area contributed by atoms with Crippen molar-refractivity contribution in [3.8, 4) is 0 Å². The first-order valence-electron chi connectivity index (χ1n) is 11.4. The molecule has 0 fully saturated rings. The number of aliphatic imine (C=N–C) groups is 1. The first-order valence-corrected chi connectivity index (χ1v) is 11.4. The molecule has 170 valence electrons. The van der Waals surface area contributed by atoms with Gasteiger partial charge in [0.1, 0.15) is 0 Å². The highest BCUT2D eigenvalue weighted by molar-refractivity contribution is 6.02. The van der Waals surface area contributed by atoms with E-state index in [1.807, 2.05) is 30.3 Å². The first-order chi connectivity index (χ1) is 16.4. The number of hydrogen-bond acceptors (Lipinski definition) is 1. The minimum Gasteiger partial charge on any atom is -0.370 e. The Balaban J connectivity index is 2.17. The lowest BCUT2D eigenvalue weighted by Crippen LogP contribution is -2.33. The summed E-state index contributed by atoms with van der Waals surface area (Å²) in [6, 6.07) is 37.1. The highest BCUT2D eigenvalue weighted by Crippen LogP contribution is 2.47. The summed E-state index contributed by atoms with van der Waals surface area (Å²) in [6.07, 6.45) is 0. The molecule has 0 aliphatic carbocycles. The van der Waals surface area contributed by atoms with Gasteiger partial charge in [0.25, 0.3) is 5.91 Å². The molecule has 4 nitrogen and oxygen atoms in total. The molecule has 0 saturated heterocycles. The fraction of sp³-hybridized carbons (Fsp3) is 0.133. The first kappa shape index (κ1) is 23.0. The van der Waals surface area contributed by atoms with Crippen LogP contribution in [0.4, 0.5) is 0 Å². The van der Waals surface area contributed by atoms with Crippen molar-refractivity contribution in [2.75, 3.05) is 0 Å². The number of amides is 1. The minimum absolute atomic E-state index is 0.220. The molecule has 4 aromatic rings. The van der Waals surface area contributed by atoms with Crippen molar-refractivity contribution in [3.05, 3.63) is 143 Å². The van der Waals surface area contributed by atoms with E-state index in [2.05, 4.69) is 91.6 Å². The summed E-state index contributed by atoms with van der Waals surface area (Å²) in [5, 5.41) is 0. The van der Waals surface area contributed by atoms with Gasteiger partial charge in [0, 0.05) is 5.56 Å². The predicted octanol–water partition coefficient (Wildman–Crippen LogP) is 5.61. The normalized spacial score (nSPS) is 11.3. The van der Waals surface area contributed by atoms with E-state index in [0.29, 0.717) is 5.56 Å². The second kappa shape index (κ2) is 9.75. The molecule has 0 aromatic heterocycles. The van der Waals surface area contributed by atoms with E-state index in [-0.39, 0.29) is 11.9 Å². The van der Waals surface area contributed by atoms with Gasteiger partial charge in [-0.05, 0) is 45.9 Å². The van der Waals surface area contributed by atoms with E-state index >= 15 is 0 Å². The third-order valence-electron chi connectivity index (χ3n) is 6.18. The standard InChI is InChI=1S/C30H29N3O/c1-21(2)26-19-18-22(28(34)33-29(31)32)20-27(26)30(23-12-6-3-7-13-23,24-14-8-4-9-15-24)25-16-10-5-11-17-25/h3-21H,1-2H3,(H4,31,32,33,34). The molecule has 0 spiro atoms. The third-order valence-corrected chi connectivity index (χ3v) is 6.18. The maximum Gasteiger partial charge on any atom is 0.280 e. The number of carbonyl (C=O) groups excluding carboxylic acids is 1. The molecule has 0 unspecified atom stereocenters. The van der Waals surface area contributed by atoms with Crippen molar-refractivity contribution in [1.82, 2.24) is 0 Å². The van der Waals surface area contributed by atoms with Crippen LogP contribution in [0.5, 0.6) is 0 Å². The van der Waals surface area contributed by atoms with E-state index in [1.165, 1.54) is 0 Å². The van der Waals surface area contributed by atoms with Gasteiger partial charge in [0.05, 0.1) is 5.41 Å². The van der Waals surface area contributed by atoms with Crippen molar-refractivity contribution in [3.63, 3.8) is 0 Å². The van der Waals surface area contributed by atoms with Crippen LogP contribution in [0.1, 0.15) is 57.9 Å². The SMILES string of the molecule is CC(C)c1ccc(C(=O)N=C(N)N)cc1C(c1ccccc1)(c1ccccc1)c1ccccc1. The van der Waals surface area contributed by atoms with Gasteiger partial charge in [0.2, 0.25) is 0 Å². The molecular formula is C30H29N3O. The molecule has 0 atom stereocenters. The Kier molecular flexibility index (Phi) is 6.60. The summed E-state index contributed by atoms with van der Waals surface area (Å²) in [6.45, 7) is 4.34. The Bertz CT molecular complexity index is 1200. The van der Waals surface area contributed by atoms with Gasteiger partial charge in [0.15, 0.2) is 5.96 Å². The Morgan fingerprint density at radius 3 is 1.53 bits per heavy atom. The summed E-state index contributed by atoms with van der Waals surface area (Å²) in [4.78, 5) is 16.7. The number of guanidine groups is 1. The smallest absolute Gasteiger partial charge is 0.280 e. The molecule has 4 N–H and O–H groups in total. The van der Waals surface area contributed by atoms with Crippen molar-refractivity contribution < 1.29 is 4.79 Å². The quantitative estimate of drug-likeness (QED) is 0.229. The maximum atomic E-state index is 12.9. The van der Waals surface area contributed by atoms with Crippen molar-refractivity contribution >= 4 is 11.9 Å². The molecule has 0 aliphatic rings. The van der Waals surface area contributed by atoms with Crippen LogP contribution in [0, 0.1) is 0 Å². The topological polar surface area (TPSA) is 81.5 Å². The Hall–Kier alpha value is -4.18. The summed E-state index contributed by atoms with van der Waals surface area (Å²) in [5.74, 6) is -0.489. The van der Waals surface area contributed by atoms with Crippen molar-refractivity contribution in [2.24, 2.45) is 16.5 Å². The predicted molar refractivity (Wildman–Crippen MR) is 139 cm³/mol. The van der Waals surface area contributed by atoms with Crippen LogP contribution < -0.4 is 11.5 Å². The molecule has 0 aliphatic heterocycles. The fourth-order valence-corrected chi connectivity index (χ4v) is 4.73. The zero-order chi connectivity index (χ0) is 24.1. The lowest BCUT2D eigenvalue weighted by Gasteiger charge is -2.39. The number of hydrogen-bond donors (Lipinski definition) is 2. The van der Waals surface area contributed by atoms with E-state index in [1.54, 1.807) is 6.07 Å². The van der Waals surface area contributed by atoms with Gasteiger partial charge in [-0.15, -0.1) is 0 Å². The molecular weight excluding hydrogens is 418 g/mol. The van der Waals surface area contributed by atoms with Gasteiger partial charge in [-0.1, -0.05) is 111 Å². The number of nitrogens with two attached hydrogens (primary N) is 2. The number of benzene rings is 4. The van der Waals surface area contributed by atoms with Gasteiger partial charge >= 0.3 is 0 Å². The van der Waals surface area contributed by atoms with Gasteiger partial charge in [-0.2, -0.15) is 4.99 Å². The van der Waals surface area contributed by atoms with Crippen LogP contribution in [0.25, 0.3) is 0 Å². The molecule has 0 saturated carbocycles. The van der Waals surface area contributed by atoms with Crippen LogP contribution >= 0.6 is 0 Å². The lowest BCUT2D eigenvalue weighted by molar-refractivity contribution is 0.100. The average molecular weight is 448 g/mol. The Morgan fingerprint density at radius 1 is 0.706 bits per heavy atom. The van der Waals surface area contributed by atoms with Crippen LogP contribution in [-0.4, -0.2) is 11.9 Å². The van der Waals surface area contributed by atoms with Crippen molar-refractivity contribution in [1.29, 1.82) is 0 Å². The minimum atomic E-state index is -0.655. The van der Waals surface area contributed by atoms with Gasteiger partial charge < -0.3 is 11.5 Å². The lowest BCUT2D eigenvalue weighted by atomic mass is 9.63. The number of carbonyl (C=O) groups is 1. The molecule has 1 amide bonds. The van der Waals surface area contributed by atoms with Crippen LogP contribution in [0.3, 0.4) is 0 Å². The molecule has 0 radical (unpaired) electrons. The zero-order valence-corrected chi connectivity index (χ0v) is 19.5. The number of rotatable bonds is 6. The van der Waals surface area contributed by atoms with Gasteiger partial charge in [-0.25, -0.2) is 0 Å². The summed E-state index contributed by atoms with van der Waals surface area (Å²) in [5.41, 5.74) is 16.3. The molecule has 4 aromatic carbocycles. The highest BCUT2D eigenvalue weighted by Gasteiger charge is 2.40. The van der Waals surface area contributed by atoms with E-state index in [0.717, 1.165) is 27.8 Å². The maximum absolute atomic E-state index is 12.9. The zero-order valence-electron chi connectivity index (χ0n) is 19.5. The Morgan fingerprint density at radius 2 is 1.15 bits per heavy atom. The molecule has 4 heteroatoms. The number of nitrogens with zero attached hydrogens (tertiary/aromatic N) is 1. The molecule has 0 bridgehead atoms. The molecule has 34 heavy (non-hydrogen) atoms. The van der Waals surface area contributed by atoms with Crippen LogP contribution in [0.15, 0.2) is 114 Å². The highest BCUT2D eigenvalue weighted by atomic mass is 16.1. The van der Waals surface area contributed by atoms with Crippen LogP contribution in [0.2, 0.25) is 0 Å². The fourth-order valence-electron chi connectivity index (χ4n) is 4.73. The summed E-state index contributed by atoms with van der Waals surface area (Å²) in [7, 11) is 0. The monoisotopic (exact) mass is 447 g/mol. The summed E-state index contributed by atoms with van der Waals surface area (Å²) >= 11 is 0. The second-order valence-corrected chi connectivity index (χ2v) is 8.65. The molecule has 4 rings (SSSR count). The summed E-state index contributed by atoms with van der Waals surface area (Å²) < 4.78 is 0. The average Bonchev–Trinajstić information content (AvgIpc) is 2.86. The molecule has 0 heterocycles. The largest absolute Gasteiger partial charge is 0.370 e. The van der Waals surface area contributed by atoms with Crippen molar-refractivity contribution in [2.45, 2.75) is 25.2 Å². The van der Waals surface area contributed by atoms with E-state index < -0.39 is 11.3 Å².